The molecule has 0 amide bonds. The number of hydrogen-bond acceptors (Lipinski definition) is 6. The van der Waals surface area contributed by atoms with Crippen LogP contribution in [0.2, 0.25) is 0 Å². The largest absolute Gasteiger partial charge is 0.481 e. The third kappa shape index (κ3) is 5.66. The van der Waals surface area contributed by atoms with Crippen molar-refractivity contribution in [3.63, 3.8) is 0 Å². The van der Waals surface area contributed by atoms with E-state index in [4.69, 9.17) is 10.1 Å². The number of hydrogen-bond donors (Lipinski definition) is 2. The standard InChI is InChI=1S/C26H28N6O2/c1-5-6-16-29-25(32-23-12-8-7-11-22(23)30-26(32)33)19(2)18-31(21-10-9-15-28-17-21)20(3)13-14-24(27)34-4/h5-17,27H,3,18H2,1-2,4H3,(H,30,33)/b6-5-,14-13-,25-19-,27-24?,29-16-. The predicted molar refractivity (Wildman–Crippen MR) is 139 cm³/mol. The molecule has 0 bridgehead atoms. The summed E-state index contributed by atoms with van der Waals surface area (Å²) in [6.07, 6.45) is 12.0. The molecule has 2 aromatic heterocycles. The van der Waals surface area contributed by atoms with Crippen molar-refractivity contribution in [1.29, 1.82) is 5.41 Å². The number of fused-ring (bicyclic) bond motifs is 1. The second-order valence-corrected chi connectivity index (χ2v) is 7.38. The van der Waals surface area contributed by atoms with E-state index in [2.05, 4.69) is 21.5 Å². The number of benzene rings is 1. The predicted octanol–water partition coefficient (Wildman–Crippen LogP) is 4.76. The molecule has 8 nitrogen and oxygen atoms in total. The highest BCUT2D eigenvalue weighted by Crippen LogP contribution is 2.23. The SMILES string of the molecule is C=C(/C=C\C(=N)OC)N(C/C(C)=C(/N=C\C=C/C)n1c(=O)[nH]c2ccccc21)c1cccnc1. The van der Waals surface area contributed by atoms with Gasteiger partial charge in [-0.2, -0.15) is 0 Å². The molecular formula is C26H28N6O2. The number of ether oxygens (including phenoxy) is 1. The number of rotatable bonds is 9. The number of aliphatic imine (C=N–C) groups is 1. The fraction of sp³-hybridized carbons (Fsp3) is 0.154. The van der Waals surface area contributed by atoms with Gasteiger partial charge in [0.2, 0.25) is 5.90 Å². The lowest BCUT2D eigenvalue weighted by atomic mass is 10.2. The summed E-state index contributed by atoms with van der Waals surface area (Å²) < 4.78 is 6.49. The van der Waals surface area contributed by atoms with Crippen molar-refractivity contribution < 1.29 is 4.74 Å². The Hall–Kier alpha value is -4.46. The minimum Gasteiger partial charge on any atom is -0.481 e. The normalized spacial score (nSPS) is 12.6. The smallest absolute Gasteiger partial charge is 0.332 e. The Morgan fingerprint density at radius 3 is 2.79 bits per heavy atom. The molecule has 174 valence electrons. The third-order valence-corrected chi connectivity index (χ3v) is 5.01. The molecule has 0 saturated heterocycles. The number of allylic oxidation sites excluding steroid dienone is 3. The molecule has 0 aliphatic carbocycles. The maximum atomic E-state index is 12.9. The van der Waals surface area contributed by atoms with Crippen molar-refractivity contribution in [2.24, 2.45) is 4.99 Å². The second-order valence-electron chi connectivity index (χ2n) is 7.38. The minimum absolute atomic E-state index is 0.0153. The molecule has 2 heterocycles. The summed E-state index contributed by atoms with van der Waals surface area (Å²) in [4.78, 5) is 26.6. The third-order valence-electron chi connectivity index (χ3n) is 5.01. The monoisotopic (exact) mass is 456 g/mol. The molecule has 3 rings (SSSR count). The number of pyridine rings is 1. The highest BCUT2D eigenvalue weighted by molar-refractivity contribution is 5.85. The zero-order valence-corrected chi connectivity index (χ0v) is 19.5. The summed E-state index contributed by atoms with van der Waals surface area (Å²) in [6.45, 7) is 8.37. The quantitative estimate of drug-likeness (QED) is 0.275. The van der Waals surface area contributed by atoms with E-state index in [9.17, 15) is 4.79 Å². The van der Waals surface area contributed by atoms with Crippen molar-refractivity contribution in [1.82, 2.24) is 14.5 Å². The first-order chi connectivity index (χ1) is 16.5. The molecule has 34 heavy (non-hydrogen) atoms. The molecule has 2 N–H and O–H groups in total. The summed E-state index contributed by atoms with van der Waals surface area (Å²) in [5, 5.41) is 7.72. The molecule has 1 aromatic carbocycles. The van der Waals surface area contributed by atoms with Crippen LogP contribution in [-0.2, 0) is 4.74 Å². The number of anilines is 1. The Labute approximate surface area is 198 Å². The maximum absolute atomic E-state index is 12.9. The Bertz CT molecular complexity index is 1340. The zero-order valence-electron chi connectivity index (χ0n) is 19.5. The first kappa shape index (κ1) is 24.2. The van der Waals surface area contributed by atoms with E-state index >= 15 is 0 Å². The van der Waals surface area contributed by atoms with Crippen molar-refractivity contribution in [3.05, 3.63) is 101 Å². The van der Waals surface area contributed by atoms with Gasteiger partial charge in [-0.05, 0) is 55.8 Å². The molecule has 0 aliphatic rings. The van der Waals surface area contributed by atoms with Crippen LogP contribution in [0.5, 0.6) is 0 Å². The summed E-state index contributed by atoms with van der Waals surface area (Å²) in [7, 11) is 1.44. The lowest BCUT2D eigenvalue weighted by molar-refractivity contribution is 0.403. The van der Waals surface area contributed by atoms with E-state index in [0.29, 0.717) is 18.1 Å². The second kappa shape index (κ2) is 11.4. The zero-order chi connectivity index (χ0) is 24.5. The van der Waals surface area contributed by atoms with E-state index in [-0.39, 0.29) is 11.6 Å². The lowest BCUT2D eigenvalue weighted by Crippen LogP contribution is -2.25. The first-order valence-corrected chi connectivity index (χ1v) is 10.7. The van der Waals surface area contributed by atoms with Crippen LogP contribution in [0.25, 0.3) is 16.9 Å². The van der Waals surface area contributed by atoms with E-state index in [1.807, 2.05) is 67.3 Å². The Morgan fingerprint density at radius 1 is 1.29 bits per heavy atom. The van der Waals surface area contributed by atoms with Crippen molar-refractivity contribution in [3.8, 4) is 0 Å². The van der Waals surface area contributed by atoms with Gasteiger partial charge in [-0.15, -0.1) is 0 Å². The van der Waals surface area contributed by atoms with Gasteiger partial charge in [0, 0.05) is 30.7 Å². The summed E-state index contributed by atoms with van der Waals surface area (Å²) in [6, 6.07) is 11.2. The Kier molecular flexibility index (Phi) is 8.12. The average Bonchev–Trinajstić information content (AvgIpc) is 3.19. The number of methoxy groups -OCH3 is 1. The molecule has 0 fully saturated rings. The van der Waals surface area contributed by atoms with Gasteiger partial charge in [-0.1, -0.05) is 24.8 Å². The maximum Gasteiger partial charge on any atom is 0.332 e. The number of nitrogens with zero attached hydrogens (tertiary/aromatic N) is 4. The van der Waals surface area contributed by atoms with Gasteiger partial charge in [0.05, 0.1) is 30.0 Å². The van der Waals surface area contributed by atoms with Gasteiger partial charge in [-0.25, -0.2) is 14.4 Å². The number of imidazole rings is 1. The molecule has 3 aromatic rings. The molecule has 0 radical (unpaired) electrons. The van der Waals surface area contributed by atoms with Crippen LogP contribution in [0.15, 0.2) is 101 Å². The first-order valence-electron chi connectivity index (χ1n) is 10.7. The van der Waals surface area contributed by atoms with Crippen molar-refractivity contribution in [2.45, 2.75) is 13.8 Å². The highest BCUT2D eigenvalue weighted by atomic mass is 16.5. The summed E-state index contributed by atoms with van der Waals surface area (Å²) in [5.74, 6) is 0.525. The summed E-state index contributed by atoms with van der Waals surface area (Å²) >= 11 is 0. The van der Waals surface area contributed by atoms with Crippen LogP contribution in [0.4, 0.5) is 5.69 Å². The van der Waals surface area contributed by atoms with Crippen LogP contribution in [-0.4, -0.2) is 40.3 Å². The van der Waals surface area contributed by atoms with Crippen molar-refractivity contribution >= 4 is 34.7 Å². The molecule has 0 spiro atoms. The van der Waals surface area contributed by atoms with E-state index in [1.165, 1.54) is 13.2 Å². The van der Waals surface area contributed by atoms with Crippen LogP contribution in [0, 0.1) is 5.41 Å². The molecule has 0 unspecified atom stereocenters. The topological polar surface area (TPSA) is 99.4 Å². The van der Waals surface area contributed by atoms with Gasteiger partial charge in [0.25, 0.3) is 0 Å². The van der Waals surface area contributed by atoms with Gasteiger partial charge < -0.3 is 14.6 Å². The molecule has 0 saturated carbocycles. The average molecular weight is 457 g/mol. The Morgan fingerprint density at radius 2 is 2.09 bits per heavy atom. The van der Waals surface area contributed by atoms with Crippen LogP contribution in [0.3, 0.4) is 0 Å². The van der Waals surface area contributed by atoms with Gasteiger partial charge in [-0.3, -0.25) is 10.4 Å². The van der Waals surface area contributed by atoms with Crippen LogP contribution in [0.1, 0.15) is 13.8 Å². The highest BCUT2D eigenvalue weighted by Gasteiger charge is 2.16. The van der Waals surface area contributed by atoms with E-state index in [0.717, 1.165) is 22.3 Å². The minimum atomic E-state index is -0.270. The van der Waals surface area contributed by atoms with Crippen molar-refractivity contribution in [2.75, 3.05) is 18.6 Å². The molecule has 0 atom stereocenters. The number of nitrogens with one attached hydrogen (secondary N) is 2. The molecule has 0 aliphatic heterocycles. The fourth-order valence-corrected chi connectivity index (χ4v) is 3.33. The van der Waals surface area contributed by atoms with Gasteiger partial charge >= 0.3 is 5.69 Å². The Balaban J connectivity index is 2.12. The summed E-state index contributed by atoms with van der Waals surface area (Å²) in [5.41, 5.74) is 3.45. The molecular weight excluding hydrogens is 428 g/mol. The van der Waals surface area contributed by atoms with Crippen LogP contribution < -0.4 is 10.6 Å². The van der Waals surface area contributed by atoms with E-state index in [1.54, 1.807) is 29.3 Å². The number of aromatic nitrogens is 3. The van der Waals surface area contributed by atoms with Crippen LogP contribution >= 0.6 is 0 Å². The van der Waals surface area contributed by atoms with Gasteiger partial charge in [0.15, 0.2) is 0 Å². The lowest BCUT2D eigenvalue weighted by Gasteiger charge is -2.26. The number of para-hydroxylation sites is 2. The number of H-pyrrole nitrogens is 1. The van der Waals surface area contributed by atoms with E-state index < -0.39 is 0 Å². The van der Waals surface area contributed by atoms with Gasteiger partial charge in [0.1, 0.15) is 5.82 Å². The fourth-order valence-electron chi connectivity index (χ4n) is 3.33. The molecule has 8 heteroatoms. The number of aromatic amines is 1.